The Balaban J connectivity index is 0.000000137. The molecule has 10 rings (SSSR count). The van der Waals surface area contributed by atoms with Gasteiger partial charge in [-0.15, -0.1) is 80.7 Å². The molecule has 0 spiro atoms. The first-order chi connectivity index (χ1) is 28.8. The molecule has 4 saturated carbocycles. The van der Waals surface area contributed by atoms with Gasteiger partial charge in [0, 0.05) is 25.8 Å². The molecule has 0 heterocycles. The zero-order chi connectivity index (χ0) is 39.2. The summed E-state index contributed by atoms with van der Waals surface area (Å²) in [5, 5.41) is 9.34. The summed E-state index contributed by atoms with van der Waals surface area (Å²) in [4.78, 5) is 0. The average Bonchev–Trinajstić information content (AvgIpc) is 3.93. The molecule has 0 saturated heterocycles. The van der Waals surface area contributed by atoms with Crippen LogP contribution in [0, 0.1) is 0 Å². The Morgan fingerprint density at radius 2 is 0.644 bits per heavy atom. The molecule has 4 aliphatic rings. The van der Waals surface area contributed by atoms with Crippen LogP contribution in [0.3, 0.4) is 0 Å². The number of hydrogen-bond acceptors (Lipinski definition) is 0. The van der Waals surface area contributed by atoms with Gasteiger partial charge < -0.3 is 0 Å². The largest absolute Gasteiger partial charge is 0.161 e. The molecule has 3 heteroatoms. The topological polar surface area (TPSA) is 0 Å². The van der Waals surface area contributed by atoms with Crippen LogP contribution in [-0.2, 0) is 38.7 Å². The molecular weight excluding hydrogens is 913 g/mol. The summed E-state index contributed by atoms with van der Waals surface area (Å²) >= 11 is 0. The first kappa shape index (κ1) is 44.9. The van der Waals surface area contributed by atoms with Gasteiger partial charge in [-0.3, -0.25) is 0 Å². The first-order valence-corrected chi connectivity index (χ1v) is 26.7. The van der Waals surface area contributed by atoms with E-state index in [1.807, 2.05) is 0 Å². The van der Waals surface area contributed by atoms with Gasteiger partial charge in [0.05, 0.1) is 0 Å². The molecular formula is C56H70HfP2-2. The molecule has 0 nitrogen and oxygen atoms in total. The van der Waals surface area contributed by atoms with Crippen LogP contribution in [-0.4, -0.2) is 22.6 Å². The Bertz CT molecular complexity index is 1790. The SMILES string of the molecule is [Hf].c1ccc(CCc2ccccc2)cc1.c1ccc2[cH-]c(P(C3CCCCC3)C3CCCCC3)cc2c1.c1ccc2[cH-]c(P(C3CCCCC3)C3CCCCC3)cc2c1. The van der Waals surface area contributed by atoms with Gasteiger partial charge in [0.15, 0.2) is 0 Å². The minimum Gasteiger partial charge on any atom is -0.161 e. The van der Waals surface area contributed by atoms with E-state index in [-0.39, 0.29) is 41.7 Å². The Morgan fingerprint density at radius 3 is 0.949 bits per heavy atom. The van der Waals surface area contributed by atoms with E-state index >= 15 is 0 Å². The van der Waals surface area contributed by atoms with Crippen LogP contribution < -0.4 is 10.6 Å². The van der Waals surface area contributed by atoms with E-state index < -0.39 is 0 Å². The van der Waals surface area contributed by atoms with E-state index in [0.717, 1.165) is 35.5 Å². The zero-order valence-corrected chi connectivity index (χ0v) is 41.3. The molecule has 0 aliphatic heterocycles. The number of hydrogen-bond donors (Lipinski definition) is 0. The minimum absolute atomic E-state index is 0. The molecule has 0 aromatic heterocycles. The van der Waals surface area contributed by atoms with Crippen LogP contribution in [0.2, 0.25) is 0 Å². The third kappa shape index (κ3) is 12.7. The molecule has 6 aromatic rings. The second-order valence-corrected chi connectivity index (χ2v) is 23.7. The second-order valence-electron chi connectivity index (χ2n) is 18.1. The van der Waals surface area contributed by atoms with Crippen molar-refractivity contribution in [1.29, 1.82) is 0 Å². The molecule has 6 aromatic carbocycles. The van der Waals surface area contributed by atoms with Gasteiger partial charge in [0.25, 0.3) is 0 Å². The quantitative estimate of drug-likeness (QED) is 0.0769. The summed E-state index contributed by atoms with van der Waals surface area (Å²) < 4.78 is 0. The summed E-state index contributed by atoms with van der Waals surface area (Å²) in [7, 11) is 0.122. The molecule has 0 radical (unpaired) electrons. The normalized spacial score (nSPS) is 18.5. The molecule has 0 unspecified atom stereocenters. The summed E-state index contributed by atoms with van der Waals surface area (Å²) in [6, 6.07) is 49.4. The van der Waals surface area contributed by atoms with E-state index in [2.05, 4.69) is 133 Å². The van der Waals surface area contributed by atoms with Crippen LogP contribution in [0.15, 0.2) is 133 Å². The second kappa shape index (κ2) is 23.9. The van der Waals surface area contributed by atoms with Crippen LogP contribution in [0.25, 0.3) is 21.5 Å². The maximum atomic E-state index is 2.55. The Hall–Kier alpha value is -2.17. The Labute approximate surface area is 379 Å². The molecule has 59 heavy (non-hydrogen) atoms. The van der Waals surface area contributed by atoms with E-state index in [0.29, 0.717) is 0 Å². The maximum absolute atomic E-state index is 2.55. The predicted molar refractivity (Wildman–Crippen MR) is 260 cm³/mol. The molecule has 310 valence electrons. The molecule has 0 N–H and O–H groups in total. The summed E-state index contributed by atoms with van der Waals surface area (Å²) in [5.74, 6) is 0. The molecule has 0 atom stereocenters. The maximum Gasteiger partial charge on any atom is 0 e. The van der Waals surface area contributed by atoms with Crippen molar-refractivity contribution in [1.82, 2.24) is 0 Å². The van der Waals surface area contributed by atoms with Gasteiger partial charge in [0.1, 0.15) is 0 Å². The van der Waals surface area contributed by atoms with E-state index in [1.165, 1.54) is 161 Å². The van der Waals surface area contributed by atoms with E-state index in [1.54, 1.807) is 10.6 Å². The monoisotopic (exact) mass is 984 g/mol. The van der Waals surface area contributed by atoms with Crippen molar-refractivity contribution < 1.29 is 25.8 Å². The van der Waals surface area contributed by atoms with Crippen molar-refractivity contribution in [3.8, 4) is 0 Å². The number of fused-ring (bicyclic) bond motifs is 2. The first-order valence-electron chi connectivity index (χ1n) is 23.7. The van der Waals surface area contributed by atoms with Crippen molar-refractivity contribution in [2.45, 2.75) is 164 Å². The Morgan fingerprint density at radius 1 is 0.356 bits per heavy atom. The fourth-order valence-electron chi connectivity index (χ4n) is 11.0. The minimum atomic E-state index is 0. The molecule has 0 bridgehead atoms. The Kier molecular flexibility index (Phi) is 18.2. The summed E-state index contributed by atoms with van der Waals surface area (Å²) in [6.45, 7) is 0. The third-order valence-corrected chi connectivity index (χ3v) is 21.0. The van der Waals surface area contributed by atoms with Crippen LogP contribution >= 0.6 is 15.8 Å². The van der Waals surface area contributed by atoms with Crippen LogP contribution in [0.5, 0.6) is 0 Å². The molecule has 4 aliphatic carbocycles. The predicted octanol–water partition coefficient (Wildman–Crippen LogP) is 16.1. The van der Waals surface area contributed by atoms with Gasteiger partial charge in [-0.1, -0.05) is 166 Å². The summed E-state index contributed by atoms with van der Waals surface area (Å²) in [6.07, 6.45) is 32.1. The van der Waals surface area contributed by atoms with Gasteiger partial charge in [-0.2, -0.15) is 12.1 Å². The fourth-order valence-corrected chi connectivity index (χ4v) is 18.7. The van der Waals surface area contributed by atoms with Crippen LogP contribution in [0.4, 0.5) is 0 Å². The third-order valence-electron chi connectivity index (χ3n) is 14.1. The molecule has 4 fully saturated rings. The number of rotatable bonds is 9. The van der Waals surface area contributed by atoms with Crippen molar-refractivity contribution >= 4 is 48.0 Å². The average molecular weight is 984 g/mol. The van der Waals surface area contributed by atoms with Crippen molar-refractivity contribution in [2.75, 3.05) is 0 Å². The summed E-state index contributed by atoms with van der Waals surface area (Å²) in [5.41, 5.74) is 6.90. The molecule has 0 amide bonds. The fraction of sp³-hybridized carbons (Fsp3) is 0.464. The number of benzene rings is 4. The van der Waals surface area contributed by atoms with Crippen LogP contribution in [0.1, 0.15) is 140 Å². The van der Waals surface area contributed by atoms with Gasteiger partial charge >= 0.3 is 0 Å². The standard InChI is InChI=1S/2C21H28P.C14H14.Hf/c2*1-3-11-19(12-4-1)22(20-13-5-2-6-14-20)21-15-17-9-7-8-10-18(17)16-21;1-3-7-13(8-4-1)11-12-14-9-5-2-6-10-14;/h2*7-10,15-16,19-20H,1-6,11-14H2;1-10H,11-12H2;/q2*-1;;. The van der Waals surface area contributed by atoms with E-state index in [4.69, 9.17) is 0 Å². The van der Waals surface area contributed by atoms with Crippen molar-refractivity contribution in [3.05, 3.63) is 145 Å². The zero-order valence-electron chi connectivity index (χ0n) is 36.0. The van der Waals surface area contributed by atoms with Gasteiger partial charge in [-0.05, 0) is 98.0 Å². The van der Waals surface area contributed by atoms with Crippen molar-refractivity contribution in [2.24, 2.45) is 0 Å². The smallest absolute Gasteiger partial charge is 0 e. The number of aryl methyl sites for hydroxylation is 2. The van der Waals surface area contributed by atoms with Gasteiger partial charge in [-0.25, -0.2) is 0 Å². The van der Waals surface area contributed by atoms with Gasteiger partial charge in [0.2, 0.25) is 0 Å². The van der Waals surface area contributed by atoms with Crippen molar-refractivity contribution in [3.63, 3.8) is 0 Å². The van der Waals surface area contributed by atoms with E-state index in [9.17, 15) is 0 Å².